The summed E-state index contributed by atoms with van der Waals surface area (Å²) in [5, 5.41) is 3.12. The van der Waals surface area contributed by atoms with Crippen LogP contribution in [0.4, 0.5) is 0 Å². The van der Waals surface area contributed by atoms with E-state index in [0.717, 1.165) is 35.1 Å². The third-order valence-corrected chi connectivity index (χ3v) is 5.67. The number of benzene rings is 3. The molecule has 0 atom stereocenters. The molecule has 1 aliphatic heterocycles. The summed E-state index contributed by atoms with van der Waals surface area (Å²) in [6.45, 7) is 3.33. The number of nitrogens with zero attached hydrogens (tertiary/aromatic N) is 1. The highest BCUT2D eigenvalue weighted by Gasteiger charge is 2.24. The van der Waals surface area contributed by atoms with Crippen LogP contribution in [0.3, 0.4) is 0 Å². The fraction of sp³-hybridized carbons (Fsp3) is 0.231. The Balaban J connectivity index is 1.31. The molecule has 3 aromatic rings. The monoisotopic (exact) mass is 398 g/mol. The van der Waals surface area contributed by atoms with Gasteiger partial charge in [-0.05, 0) is 55.2 Å². The number of rotatable bonds is 4. The first kappa shape index (κ1) is 19.9. The Labute approximate surface area is 177 Å². The number of nitrogens with one attached hydrogen (secondary N) is 1. The summed E-state index contributed by atoms with van der Waals surface area (Å²) >= 11 is 0. The lowest BCUT2D eigenvalue weighted by atomic mass is 10.0. The predicted molar refractivity (Wildman–Crippen MR) is 119 cm³/mol. The fourth-order valence-corrected chi connectivity index (χ4v) is 3.82. The number of hydrogen-bond donors (Lipinski definition) is 1. The van der Waals surface area contributed by atoms with Crippen molar-refractivity contribution < 1.29 is 9.59 Å². The molecule has 3 aromatic carbocycles. The van der Waals surface area contributed by atoms with Gasteiger partial charge in [-0.15, -0.1) is 0 Å². The normalized spacial score (nSPS) is 14.4. The van der Waals surface area contributed by atoms with Crippen molar-refractivity contribution in [2.45, 2.75) is 25.8 Å². The third-order valence-electron chi connectivity index (χ3n) is 5.67. The van der Waals surface area contributed by atoms with Gasteiger partial charge in [0.1, 0.15) is 0 Å². The highest BCUT2D eigenvalue weighted by Crippen LogP contribution is 2.20. The smallest absolute Gasteiger partial charge is 0.253 e. The quantitative estimate of drug-likeness (QED) is 0.693. The molecule has 0 saturated carbocycles. The van der Waals surface area contributed by atoms with Gasteiger partial charge in [0, 0.05) is 30.3 Å². The Kier molecular flexibility index (Phi) is 5.94. The Morgan fingerprint density at radius 1 is 0.767 bits per heavy atom. The molecule has 1 fully saturated rings. The molecule has 0 bridgehead atoms. The standard InChI is InChI=1S/C26H26N2O2/c1-19-7-9-23(10-8-19)26(30)28-17-15-24(16-18-28)27-25(29)22-13-11-21(12-14-22)20-5-3-2-4-6-20/h2-14,24H,15-18H2,1H3,(H,27,29). The van der Waals surface area contributed by atoms with E-state index in [4.69, 9.17) is 0 Å². The van der Waals surface area contributed by atoms with Crippen molar-refractivity contribution in [1.29, 1.82) is 0 Å². The van der Waals surface area contributed by atoms with Gasteiger partial charge in [-0.3, -0.25) is 9.59 Å². The van der Waals surface area contributed by atoms with Crippen molar-refractivity contribution in [1.82, 2.24) is 10.2 Å². The first-order valence-electron chi connectivity index (χ1n) is 10.4. The SMILES string of the molecule is Cc1ccc(C(=O)N2CCC(NC(=O)c3ccc(-c4ccccc4)cc3)CC2)cc1. The summed E-state index contributed by atoms with van der Waals surface area (Å²) in [5.41, 5.74) is 4.75. The van der Waals surface area contributed by atoms with Gasteiger partial charge in [-0.2, -0.15) is 0 Å². The van der Waals surface area contributed by atoms with Crippen LogP contribution in [0.5, 0.6) is 0 Å². The molecule has 0 aliphatic carbocycles. The lowest BCUT2D eigenvalue weighted by Crippen LogP contribution is -2.46. The molecule has 1 N–H and O–H groups in total. The van der Waals surface area contributed by atoms with E-state index >= 15 is 0 Å². The summed E-state index contributed by atoms with van der Waals surface area (Å²) in [7, 11) is 0. The molecule has 1 aliphatic rings. The van der Waals surface area contributed by atoms with E-state index in [1.54, 1.807) is 0 Å². The minimum absolute atomic E-state index is 0.0575. The molecule has 0 spiro atoms. The van der Waals surface area contributed by atoms with Gasteiger partial charge in [0.25, 0.3) is 11.8 Å². The first-order valence-corrected chi connectivity index (χ1v) is 10.4. The van der Waals surface area contributed by atoms with Gasteiger partial charge in [-0.25, -0.2) is 0 Å². The van der Waals surface area contributed by atoms with Gasteiger partial charge in [0.15, 0.2) is 0 Å². The van der Waals surface area contributed by atoms with Gasteiger partial charge in [0.05, 0.1) is 0 Å². The maximum absolute atomic E-state index is 12.6. The molecular weight excluding hydrogens is 372 g/mol. The molecule has 0 unspecified atom stereocenters. The van der Waals surface area contributed by atoms with Crippen LogP contribution in [0, 0.1) is 6.92 Å². The Morgan fingerprint density at radius 3 is 1.97 bits per heavy atom. The molecule has 0 aromatic heterocycles. The zero-order chi connectivity index (χ0) is 20.9. The second-order valence-corrected chi connectivity index (χ2v) is 7.85. The van der Waals surface area contributed by atoms with Gasteiger partial charge in [0.2, 0.25) is 0 Å². The molecule has 1 saturated heterocycles. The van der Waals surface area contributed by atoms with Crippen LogP contribution < -0.4 is 5.32 Å². The number of carbonyl (C=O) groups is 2. The fourth-order valence-electron chi connectivity index (χ4n) is 3.82. The maximum atomic E-state index is 12.6. The number of piperidine rings is 1. The zero-order valence-electron chi connectivity index (χ0n) is 17.2. The number of aryl methyl sites for hydroxylation is 1. The van der Waals surface area contributed by atoms with E-state index in [1.165, 1.54) is 0 Å². The average molecular weight is 399 g/mol. The molecule has 0 radical (unpaired) electrons. The predicted octanol–water partition coefficient (Wildman–Crippen LogP) is 4.70. The summed E-state index contributed by atoms with van der Waals surface area (Å²) in [6.07, 6.45) is 1.54. The van der Waals surface area contributed by atoms with Crippen LogP contribution >= 0.6 is 0 Å². The first-order chi connectivity index (χ1) is 14.6. The van der Waals surface area contributed by atoms with Crippen molar-refractivity contribution in [3.63, 3.8) is 0 Å². The summed E-state index contributed by atoms with van der Waals surface area (Å²) in [5.74, 6) is 0.00852. The van der Waals surface area contributed by atoms with Gasteiger partial charge in [-0.1, -0.05) is 60.2 Å². The van der Waals surface area contributed by atoms with E-state index in [-0.39, 0.29) is 17.9 Å². The molecular formula is C26H26N2O2. The Hall–Kier alpha value is -3.40. The maximum Gasteiger partial charge on any atom is 0.253 e. The van der Waals surface area contributed by atoms with Crippen molar-refractivity contribution in [2.75, 3.05) is 13.1 Å². The minimum Gasteiger partial charge on any atom is -0.349 e. The van der Waals surface area contributed by atoms with E-state index in [0.29, 0.717) is 18.7 Å². The molecule has 4 nitrogen and oxygen atoms in total. The molecule has 30 heavy (non-hydrogen) atoms. The second kappa shape index (κ2) is 8.95. The van der Waals surface area contributed by atoms with Crippen LogP contribution in [-0.4, -0.2) is 35.8 Å². The molecule has 1 heterocycles. The van der Waals surface area contributed by atoms with Gasteiger partial charge < -0.3 is 10.2 Å². The topological polar surface area (TPSA) is 49.4 Å². The summed E-state index contributed by atoms with van der Waals surface area (Å²) in [6, 6.07) is 25.6. The highest BCUT2D eigenvalue weighted by molar-refractivity contribution is 5.95. The zero-order valence-corrected chi connectivity index (χ0v) is 17.2. The van der Waals surface area contributed by atoms with Crippen LogP contribution in [-0.2, 0) is 0 Å². The molecule has 4 rings (SSSR count). The lowest BCUT2D eigenvalue weighted by Gasteiger charge is -2.32. The van der Waals surface area contributed by atoms with Crippen LogP contribution in [0.25, 0.3) is 11.1 Å². The Morgan fingerprint density at radius 2 is 1.33 bits per heavy atom. The van der Waals surface area contributed by atoms with Crippen molar-refractivity contribution >= 4 is 11.8 Å². The Bertz CT molecular complexity index is 1000. The largest absolute Gasteiger partial charge is 0.349 e. The van der Waals surface area contributed by atoms with Crippen LogP contribution in [0.15, 0.2) is 78.9 Å². The summed E-state index contributed by atoms with van der Waals surface area (Å²) in [4.78, 5) is 27.2. The average Bonchev–Trinajstić information content (AvgIpc) is 2.80. The van der Waals surface area contributed by atoms with Crippen molar-refractivity contribution in [3.05, 3.63) is 95.6 Å². The number of carbonyl (C=O) groups excluding carboxylic acids is 2. The van der Waals surface area contributed by atoms with E-state index < -0.39 is 0 Å². The van der Waals surface area contributed by atoms with Gasteiger partial charge >= 0.3 is 0 Å². The minimum atomic E-state index is -0.0575. The number of amides is 2. The summed E-state index contributed by atoms with van der Waals surface area (Å²) < 4.78 is 0. The lowest BCUT2D eigenvalue weighted by molar-refractivity contribution is 0.0698. The molecule has 2 amide bonds. The van der Waals surface area contributed by atoms with Crippen molar-refractivity contribution in [3.8, 4) is 11.1 Å². The number of hydrogen-bond acceptors (Lipinski definition) is 2. The second-order valence-electron chi connectivity index (χ2n) is 7.85. The van der Waals surface area contributed by atoms with E-state index in [1.807, 2.05) is 78.6 Å². The van der Waals surface area contributed by atoms with Crippen LogP contribution in [0.2, 0.25) is 0 Å². The highest BCUT2D eigenvalue weighted by atomic mass is 16.2. The van der Waals surface area contributed by atoms with Crippen molar-refractivity contribution in [2.24, 2.45) is 0 Å². The molecule has 4 heteroatoms. The van der Waals surface area contributed by atoms with Crippen LogP contribution in [0.1, 0.15) is 39.1 Å². The molecule has 152 valence electrons. The third kappa shape index (κ3) is 4.60. The number of likely N-dealkylation sites (tertiary alicyclic amines) is 1. The van der Waals surface area contributed by atoms with E-state index in [2.05, 4.69) is 17.4 Å². The van der Waals surface area contributed by atoms with E-state index in [9.17, 15) is 9.59 Å².